The lowest BCUT2D eigenvalue weighted by molar-refractivity contribution is 0.669. The van der Waals surface area contributed by atoms with Crippen LogP contribution in [0, 0.1) is 0 Å². The van der Waals surface area contributed by atoms with Crippen molar-refractivity contribution in [3.05, 3.63) is 188 Å². The van der Waals surface area contributed by atoms with Crippen LogP contribution in [0.3, 0.4) is 0 Å². The van der Waals surface area contributed by atoms with Crippen LogP contribution in [0.2, 0.25) is 0 Å². The van der Waals surface area contributed by atoms with Crippen LogP contribution >= 0.6 is 11.3 Å². The third kappa shape index (κ3) is 5.56. The van der Waals surface area contributed by atoms with E-state index in [1.165, 1.54) is 31.3 Å². The lowest BCUT2D eigenvalue weighted by Crippen LogP contribution is -2.01. The standard InChI is InChI=1S/C51H31N3OS/c1-3-12-32(13-4-1)33-22-24-35(25-23-33)50-52-49(34-14-5-2-6-15-34)53-51(54-50)40-28-26-36(38-18-11-21-47-48(38)41-17-8-10-20-46(41)56-47)30-42(40)37-27-29-45-43(31-37)39-16-7-9-19-44(39)55-45/h1-31H. The highest BCUT2D eigenvalue weighted by Crippen LogP contribution is 2.43. The number of thiophene rings is 1. The lowest BCUT2D eigenvalue weighted by Gasteiger charge is -2.15. The van der Waals surface area contributed by atoms with Crippen LogP contribution in [0.1, 0.15) is 0 Å². The van der Waals surface area contributed by atoms with Gasteiger partial charge < -0.3 is 4.42 Å². The van der Waals surface area contributed by atoms with Crippen molar-refractivity contribution >= 4 is 53.4 Å². The average molecular weight is 734 g/mol. The van der Waals surface area contributed by atoms with Crippen molar-refractivity contribution in [2.75, 3.05) is 0 Å². The second kappa shape index (κ2) is 13.3. The van der Waals surface area contributed by atoms with Crippen LogP contribution in [0.4, 0.5) is 0 Å². The second-order valence-corrected chi connectivity index (χ2v) is 15.0. The van der Waals surface area contributed by atoms with Gasteiger partial charge in [-0.1, -0.05) is 146 Å². The molecular weight excluding hydrogens is 703 g/mol. The van der Waals surface area contributed by atoms with Gasteiger partial charge in [0.15, 0.2) is 17.5 Å². The third-order valence-electron chi connectivity index (χ3n) is 10.6. The summed E-state index contributed by atoms with van der Waals surface area (Å²) in [4.78, 5) is 15.5. The highest BCUT2D eigenvalue weighted by molar-refractivity contribution is 7.25. The third-order valence-corrected chi connectivity index (χ3v) is 11.7. The van der Waals surface area contributed by atoms with Crippen molar-refractivity contribution in [2.45, 2.75) is 0 Å². The Morgan fingerprint density at radius 1 is 0.321 bits per heavy atom. The number of rotatable bonds is 6. The molecule has 11 aromatic rings. The normalized spacial score (nSPS) is 11.6. The van der Waals surface area contributed by atoms with Crippen molar-refractivity contribution in [1.82, 2.24) is 15.0 Å². The summed E-state index contributed by atoms with van der Waals surface area (Å²) in [5.74, 6) is 1.85. The van der Waals surface area contributed by atoms with Crippen LogP contribution in [0.5, 0.6) is 0 Å². The first-order valence-corrected chi connectivity index (χ1v) is 19.5. The van der Waals surface area contributed by atoms with Crippen LogP contribution in [-0.4, -0.2) is 15.0 Å². The minimum absolute atomic E-state index is 0.610. The first-order valence-electron chi connectivity index (χ1n) is 18.7. The smallest absolute Gasteiger partial charge is 0.164 e. The van der Waals surface area contributed by atoms with Crippen molar-refractivity contribution in [2.24, 2.45) is 0 Å². The van der Waals surface area contributed by atoms with Crippen LogP contribution in [0.25, 0.3) is 110 Å². The fraction of sp³-hybridized carbons (Fsp3) is 0. The molecule has 262 valence electrons. The lowest BCUT2D eigenvalue weighted by atomic mass is 9.91. The Hall–Kier alpha value is -7.21. The van der Waals surface area contributed by atoms with E-state index in [2.05, 4.69) is 152 Å². The summed E-state index contributed by atoms with van der Waals surface area (Å²) in [6, 6.07) is 65.7. The molecule has 0 N–H and O–H groups in total. The zero-order valence-corrected chi connectivity index (χ0v) is 30.9. The first kappa shape index (κ1) is 32.2. The zero-order chi connectivity index (χ0) is 37.0. The second-order valence-electron chi connectivity index (χ2n) is 14.0. The molecule has 0 saturated heterocycles. The number of fused-ring (bicyclic) bond motifs is 6. The van der Waals surface area contributed by atoms with E-state index < -0.39 is 0 Å². The minimum atomic E-state index is 0.610. The van der Waals surface area contributed by atoms with Gasteiger partial charge in [-0.05, 0) is 75.8 Å². The van der Waals surface area contributed by atoms with Crippen molar-refractivity contribution in [3.63, 3.8) is 0 Å². The Labute approximate surface area is 327 Å². The van der Waals surface area contributed by atoms with Crippen LogP contribution < -0.4 is 0 Å². The van der Waals surface area contributed by atoms with Gasteiger partial charge in [0, 0.05) is 47.6 Å². The molecule has 0 fully saturated rings. The summed E-state index contributed by atoms with van der Waals surface area (Å²) < 4.78 is 8.82. The quantitative estimate of drug-likeness (QED) is 0.171. The Bertz CT molecular complexity index is 3240. The molecule has 5 heteroatoms. The maximum Gasteiger partial charge on any atom is 0.164 e. The maximum atomic E-state index is 6.27. The molecule has 0 aliphatic carbocycles. The monoisotopic (exact) mass is 733 g/mol. The van der Waals surface area contributed by atoms with Gasteiger partial charge in [0.05, 0.1) is 0 Å². The van der Waals surface area contributed by atoms with Gasteiger partial charge in [0.2, 0.25) is 0 Å². The number of nitrogens with zero attached hydrogens (tertiary/aromatic N) is 3. The topological polar surface area (TPSA) is 51.8 Å². The van der Waals surface area contributed by atoms with Gasteiger partial charge in [-0.2, -0.15) is 0 Å². The minimum Gasteiger partial charge on any atom is -0.456 e. The maximum absolute atomic E-state index is 6.27. The molecule has 11 rings (SSSR count). The van der Waals surface area contributed by atoms with E-state index in [0.29, 0.717) is 17.5 Å². The number of para-hydroxylation sites is 1. The molecule has 0 aliphatic rings. The number of hydrogen-bond acceptors (Lipinski definition) is 5. The Balaban J connectivity index is 1.14. The van der Waals surface area contributed by atoms with Crippen molar-refractivity contribution in [1.29, 1.82) is 0 Å². The summed E-state index contributed by atoms with van der Waals surface area (Å²) in [7, 11) is 0. The predicted molar refractivity (Wildman–Crippen MR) is 233 cm³/mol. The predicted octanol–water partition coefficient (Wildman–Crippen LogP) is 14.1. The summed E-state index contributed by atoms with van der Waals surface area (Å²) in [6.45, 7) is 0. The van der Waals surface area contributed by atoms with E-state index in [0.717, 1.165) is 60.9 Å². The molecule has 0 bridgehead atoms. The summed E-state index contributed by atoms with van der Waals surface area (Å²) in [5.41, 5.74) is 11.2. The highest BCUT2D eigenvalue weighted by atomic mass is 32.1. The summed E-state index contributed by atoms with van der Waals surface area (Å²) in [5, 5.41) is 4.70. The van der Waals surface area contributed by atoms with Gasteiger partial charge in [0.1, 0.15) is 11.2 Å². The van der Waals surface area contributed by atoms with Gasteiger partial charge in [-0.15, -0.1) is 11.3 Å². The highest BCUT2D eigenvalue weighted by Gasteiger charge is 2.19. The summed E-state index contributed by atoms with van der Waals surface area (Å²) >= 11 is 1.84. The Morgan fingerprint density at radius 2 is 0.875 bits per heavy atom. The van der Waals surface area contributed by atoms with E-state index in [1.807, 2.05) is 47.7 Å². The molecule has 0 unspecified atom stereocenters. The van der Waals surface area contributed by atoms with E-state index in [1.54, 1.807) is 0 Å². The number of benzene rings is 8. The Morgan fingerprint density at radius 3 is 1.68 bits per heavy atom. The van der Waals surface area contributed by atoms with Gasteiger partial charge in [-0.25, -0.2) is 15.0 Å². The number of hydrogen-bond donors (Lipinski definition) is 0. The molecule has 8 aromatic carbocycles. The van der Waals surface area contributed by atoms with Gasteiger partial charge >= 0.3 is 0 Å². The molecule has 0 spiro atoms. The molecule has 3 aromatic heterocycles. The van der Waals surface area contributed by atoms with E-state index in [9.17, 15) is 0 Å². The van der Waals surface area contributed by atoms with Crippen LogP contribution in [-0.2, 0) is 0 Å². The van der Waals surface area contributed by atoms with Gasteiger partial charge in [0.25, 0.3) is 0 Å². The molecule has 0 aliphatic heterocycles. The molecule has 0 saturated carbocycles. The fourth-order valence-corrected chi connectivity index (χ4v) is 8.97. The van der Waals surface area contributed by atoms with Crippen molar-refractivity contribution < 1.29 is 4.42 Å². The molecule has 0 atom stereocenters. The molecule has 4 nitrogen and oxygen atoms in total. The number of furan rings is 1. The van der Waals surface area contributed by atoms with E-state index in [4.69, 9.17) is 19.4 Å². The van der Waals surface area contributed by atoms with Crippen LogP contribution in [0.15, 0.2) is 192 Å². The van der Waals surface area contributed by atoms with E-state index in [-0.39, 0.29) is 0 Å². The van der Waals surface area contributed by atoms with E-state index >= 15 is 0 Å². The Kier molecular flexibility index (Phi) is 7.64. The number of aromatic nitrogens is 3. The molecule has 3 heterocycles. The largest absolute Gasteiger partial charge is 0.456 e. The van der Waals surface area contributed by atoms with Gasteiger partial charge in [-0.3, -0.25) is 0 Å². The first-order chi connectivity index (χ1) is 27.7. The molecule has 0 amide bonds. The average Bonchev–Trinajstić information content (AvgIpc) is 3.85. The molecule has 56 heavy (non-hydrogen) atoms. The fourth-order valence-electron chi connectivity index (χ4n) is 7.84. The molecular formula is C51H31N3OS. The summed E-state index contributed by atoms with van der Waals surface area (Å²) in [6.07, 6.45) is 0. The van der Waals surface area contributed by atoms with Crippen molar-refractivity contribution in [3.8, 4) is 67.5 Å². The molecule has 0 radical (unpaired) electrons. The zero-order valence-electron chi connectivity index (χ0n) is 30.1. The SMILES string of the molecule is c1ccc(-c2ccc(-c3nc(-c4ccccc4)nc(-c4ccc(-c5cccc6sc7ccccc7c56)cc4-c4ccc5oc6ccccc6c5c4)n3)cc2)cc1.